The molecule has 0 unspecified atom stereocenters. The van der Waals surface area contributed by atoms with E-state index in [0.29, 0.717) is 12.6 Å². The van der Waals surface area contributed by atoms with Crippen LogP contribution in [0.2, 0.25) is 18.1 Å². The van der Waals surface area contributed by atoms with Gasteiger partial charge in [-0.3, -0.25) is 0 Å². The molecule has 0 aliphatic heterocycles. The third kappa shape index (κ3) is 5.09. The highest BCUT2D eigenvalue weighted by molar-refractivity contribution is 6.73. The first-order valence-electron chi connectivity index (χ1n) is 8.12. The fourth-order valence-corrected chi connectivity index (χ4v) is 4.90. The van der Waals surface area contributed by atoms with Crippen LogP contribution in [0.5, 0.6) is 5.75 Å². The SMILES string of the molecule is CC[Si](CC)(CC)OC(OCc1ccc(OC)cc1)=C(C)C. The summed E-state index contributed by atoms with van der Waals surface area (Å²) in [7, 11) is -0.0273. The summed E-state index contributed by atoms with van der Waals surface area (Å²) in [6, 6.07) is 11.3. The fraction of sp³-hybridized carbons (Fsp3) is 0.556. The van der Waals surface area contributed by atoms with Gasteiger partial charge in [-0.15, -0.1) is 0 Å². The Balaban J connectivity index is 2.75. The van der Waals surface area contributed by atoms with E-state index in [1.54, 1.807) is 7.11 Å². The van der Waals surface area contributed by atoms with Crippen LogP contribution in [0.3, 0.4) is 0 Å². The number of methoxy groups -OCH3 is 1. The predicted molar refractivity (Wildman–Crippen MR) is 94.4 cm³/mol. The third-order valence-electron chi connectivity index (χ3n) is 4.18. The van der Waals surface area contributed by atoms with Crippen molar-refractivity contribution in [1.29, 1.82) is 0 Å². The molecule has 0 heterocycles. The van der Waals surface area contributed by atoms with Gasteiger partial charge in [0.2, 0.25) is 0 Å². The number of benzene rings is 1. The molecule has 0 amide bonds. The summed E-state index contributed by atoms with van der Waals surface area (Å²) in [5.74, 6) is 1.57. The number of rotatable bonds is 9. The van der Waals surface area contributed by atoms with Crippen molar-refractivity contribution in [1.82, 2.24) is 0 Å². The van der Waals surface area contributed by atoms with Gasteiger partial charge in [0, 0.05) is 5.57 Å². The van der Waals surface area contributed by atoms with Gasteiger partial charge >= 0.3 is 0 Å². The topological polar surface area (TPSA) is 27.7 Å². The molecule has 0 spiro atoms. The molecule has 0 aliphatic rings. The molecule has 0 fully saturated rings. The molecule has 3 nitrogen and oxygen atoms in total. The molecule has 1 aromatic carbocycles. The van der Waals surface area contributed by atoms with Crippen molar-refractivity contribution in [2.45, 2.75) is 59.4 Å². The molecule has 0 aromatic heterocycles. The zero-order chi connectivity index (χ0) is 16.6. The lowest BCUT2D eigenvalue weighted by Crippen LogP contribution is -2.36. The molecule has 0 atom stereocenters. The molecule has 0 aliphatic carbocycles. The van der Waals surface area contributed by atoms with Crippen molar-refractivity contribution in [2.24, 2.45) is 0 Å². The maximum atomic E-state index is 6.39. The summed E-state index contributed by atoms with van der Waals surface area (Å²) in [5, 5.41) is 0. The van der Waals surface area contributed by atoms with Crippen molar-refractivity contribution in [3.63, 3.8) is 0 Å². The van der Waals surface area contributed by atoms with Crippen LogP contribution in [0.1, 0.15) is 40.2 Å². The molecule has 1 aromatic rings. The summed E-state index contributed by atoms with van der Waals surface area (Å²) in [4.78, 5) is 0. The van der Waals surface area contributed by atoms with Crippen LogP contribution in [0.15, 0.2) is 35.8 Å². The van der Waals surface area contributed by atoms with Crippen LogP contribution in [0, 0.1) is 0 Å². The van der Waals surface area contributed by atoms with E-state index in [4.69, 9.17) is 13.9 Å². The molecule has 4 heteroatoms. The van der Waals surface area contributed by atoms with E-state index in [2.05, 4.69) is 20.8 Å². The van der Waals surface area contributed by atoms with E-state index in [1.165, 1.54) is 0 Å². The summed E-state index contributed by atoms with van der Waals surface area (Å²) in [6.07, 6.45) is 0. The summed E-state index contributed by atoms with van der Waals surface area (Å²) in [5.41, 5.74) is 2.21. The quantitative estimate of drug-likeness (QED) is 0.445. The van der Waals surface area contributed by atoms with Crippen molar-refractivity contribution >= 4 is 8.32 Å². The molecule has 0 radical (unpaired) electrons. The van der Waals surface area contributed by atoms with Gasteiger partial charge in [-0.1, -0.05) is 32.9 Å². The summed E-state index contributed by atoms with van der Waals surface area (Å²) >= 11 is 0. The van der Waals surface area contributed by atoms with Crippen molar-refractivity contribution in [3.8, 4) is 5.75 Å². The fourth-order valence-electron chi connectivity index (χ4n) is 2.31. The summed E-state index contributed by atoms with van der Waals surface area (Å²) in [6.45, 7) is 11.3. The molecule has 124 valence electrons. The Kier molecular flexibility index (Phi) is 7.52. The third-order valence-corrected chi connectivity index (χ3v) is 8.66. The second kappa shape index (κ2) is 8.88. The van der Waals surface area contributed by atoms with E-state index in [1.807, 2.05) is 38.1 Å². The Bertz CT molecular complexity index is 463. The van der Waals surface area contributed by atoms with Crippen molar-refractivity contribution < 1.29 is 13.9 Å². The van der Waals surface area contributed by atoms with Crippen molar-refractivity contribution in [2.75, 3.05) is 7.11 Å². The Hall–Kier alpha value is -1.42. The molecule has 1 rings (SSSR count). The van der Waals surface area contributed by atoms with Crippen LogP contribution >= 0.6 is 0 Å². The molecule has 0 saturated carbocycles. The maximum absolute atomic E-state index is 6.39. The van der Waals surface area contributed by atoms with Crippen LogP contribution < -0.4 is 4.74 Å². The average Bonchev–Trinajstić information content (AvgIpc) is 2.56. The van der Waals surface area contributed by atoms with Crippen molar-refractivity contribution in [3.05, 3.63) is 41.3 Å². The van der Waals surface area contributed by atoms with Gasteiger partial charge in [0.05, 0.1) is 7.11 Å². The lowest BCUT2D eigenvalue weighted by atomic mass is 10.2. The minimum absolute atomic E-state index is 0.520. The molecule has 0 saturated heterocycles. The number of allylic oxidation sites excluding steroid dienone is 1. The van der Waals surface area contributed by atoms with Gasteiger partial charge in [0.15, 0.2) is 0 Å². The Morgan fingerprint density at radius 3 is 1.91 bits per heavy atom. The standard InChI is InChI=1S/C18H30O3Si/c1-7-22(8-2,9-3)21-18(15(4)5)20-14-16-10-12-17(19-6)13-11-16/h10-13H,7-9,14H2,1-6H3. The highest BCUT2D eigenvalue weighted by atomic mass is 28.4. The Morgan fingerprint density at radius 1 is 0.955 bits per heavy atom. The average molecular weight is 323 g/mol. The first-order chi connectivity index (χ1) is 10.5. The van der Waals surface area contributed by atoms with Gasteiger partial charge in [0.25, 0.3) is 14.3 Å². The lowest BCUT2D eigenvalue weighted by molar-refractivity contribution is 0.0854. The van der Waals surface area contributed by atoms with Gasteiger partial charge in [-0.2, -0.15) is 0 Å². The highest BCUT2D eigenvalue weighted by Crippen LogP contribution is 2.27. The monoisotopic (exact) mass is 322 g/mol. The Labute approximate surface area is 136 Å². The first kappa shape index (κ1) is 18.6. The predicted octanol–water partition coefficient (Wildman–Crippen LogP) is 5.49. The van der Waals surface area contributed by atoms with Crippen LogP contribution in [0.4, 0.5) is 0 Å². The molecular formula is C18H30O3Si. The highest BCUT2D eigenvalue weighted by Gasteiger charge is 2.32. The number of hydrogen-bond donors (Lipinski definition) is 0. The lowest BCUT2D eigenvalue weighted by Gasteiger charge is -2.30. The molecule has 0 N–H and O–H groups in total. The minimum Gasteiger partial charge on any atom is -0.519 e. The van der Waals surface area contributed by atoms with Crippen LogP contribution in [-0.4, -0.2) is 15.4 Å². The number of hydrogen-bond acceptors (Lipinski definition) is 3. The zero-order valence-corrected chi connectivity index (χ0v) is 15.9. The second-order valence-electron chi connectivity index (χ2n) is 5.77. The summed E-state index contributed by atoms with van der Waals surface area (Å²) < 4.78 is 17.5. The van der Waals surface area contributed by atoms with E-state index < -0.39 is 8.32 Å². The van der Waals surface area contributed by atoms with E-state index in [9.17, 15) is 0 Å². The molecule has 22 heavy (non-hydrogen) atoms. The van der Waals surface area contributed by atoms with Gasteiger partial charge < -0.3 is 13.9 Å². The van der Waals surface area contributed by atoms with E-state index in [0.717, 1.165) is 35.0 Å². The molecular weight excluding hydrogens is 292 g/mol. The number of ether oxygens (including phenoxy) is 2. The second-order valence-corrected chi connectivity index (χ2v) is 10.5. The van der Waals surface area contributed by atoms with Crippen LogP contribution in [-0.2, 0) is 15.8 Å². The van der Waals surface area contributed by atoms with E-state index >= 15 is 0 Å². The molecule has 0 bridgehead atoms. The smallest absolute Gasteiger partial charge is 0.264 e. The van der Waals surface area contributed by atoms with Gasteiger partial charge in [-0.05, 0) is 49.7 Å². The Morgan fingerprint density at radius 2 is 1.50 bits per heavy atom. The first-order valence-corrected chi connectivity index (χ1v) is 10.6. The van der Waals surface area contributed by atoms with E-state index in [-0.39, 0.29) is 0 Å². The normalized spacial score (nSPS) is 11.0. The largest absolute Gasteiger partial charge is 0.519 e. The minimum atomic E-state index is -1.70. The van der Waals surface area contributed by atoms with Gasteiger partial charge in [-0.25, -0.2) is 0 Å². The maximum Gasteiger partial charge on any atom is 0.264 e. The zero-order valence-electron chi connectivity index (χ0n) is 14.9. The van der Waals surface area contributed by atoms with Gasteiger partial charge in [0.1, 0.15) is 12.4 Å². The van der Waals surface area contributed by atoms with Crippen LogP contribution in [0.25, 0.3) is 0 Å².